The summed E-state index contributed by atoms with van der Waals surface area (Å²) in [4.78, 5) is 11.4. The van der Waals surface area contributed by atoms with Crippen molar-refractivity contribution < 1.29 is 14.7 Å². The molecule has 2 N–H and O–H groups in total. The summed E-state index contributed by atoms with van der Waals surface area (Å²) in [6.07, 6.45) is 0. The lowest BCUT2D eigenvalue weighted by atomic mass is 10.1. The highest BCUT2D eigenvalue weighted by atomic mass is 79.9. The van der Waals surface area contributed by atoms with E-state index < -0.39 is 11.5 Å². The first-order chi connectivity index (χ1) is 7.77. The molecule has 0 unspecified atom stereocenters. The average molecular weight is 367 g/mol. The van der Waals surface area contributed by atoms with Crippen LogP contribution in [0.3, 0.4) is 0 Å². The number of benzene rings is 1. The van der Waals surface area contributed by atoms with E-state index in [4.69, 9.17) is 9.94 Å². The Morgan fingerprint density at radius 3 is 2.47 bits per heavy atom. The molecule has 0 radical (unpaired) electrons. The Morgan fingerprint density at radius 2 is 2.00 bits per heavy atom. The first kappa shape index (κ1) is 14.5. The minimum Gasteiger partial charge on any atom is -0.476 e. The molecule has 0 saturated carbocycles. The van der Waals surface area contributed by atoms with E-state index in [1.165, 1.54) is 0 Å². The molecule has 94 valence electrons. The molecule has 0 aliphatic heterocycles. The van der Waals surface area contributed by atoms with Crippen LogP contribution in [-0.2, 0) is 4.79 Å². The summed E-state index contributed by atoms with van der Waals surface area (Å²) in [5, 5.41) is 8.63. The van der Waals surface area contributed by atoms with Gasteiger partial charge in [-0.05, 0) is 54.4 Å². The third-order valence-corrected chi connectivity index (χ3v) is 3.25. The molecule has 0 spiro atoms. The van der Waals surface area contributed by atoms with Crippen molar-refractivity contribution in [3.8, 4) is 5.75 Å². The van der Waals surface area contributed by atoms with E-state index in [0.29, 0.717) is 5.75 Å². The first-order valence-electron chi connectivity index (χ1n) is 4.87. The number of hydrogen-bond acceptors (Lipinski definition) is 3. The van der Waals surface area contributed by atoms with Gasteiger partial charge in [0.2, 0.25) is 0 Å². The second-order valence-electron chi connectivity index (χ2n) is 4.09. The molecule has 0 aliphatic rings. The molecule has 17 heavy (non-hydrogen) atoms. The highest BCUT2D eigenvalue weighted by molar-refractivity contribution is 9.11. The fourth-order valence-electron chi connectivity index (χ4n) is 1.25. The zero-order chi connectivity index (χ0) is 13.2. The van der Waals surface area contributed by atoms with Crippen molar-refractivity contribution in [1.29, 1.82) is 0 Å². The lowest BCUT2D eigenvalue weighted by Gasteiger charge is -2.25. The average Bonchev–Trinajstić information content (AvgIpc) is 2.22. The summed E-state index contributed by atoms with van der Waals surface area (Å²) in [6.45, 7) is 5.02. The predicted octanol–water partition coefficient (Wildman–Crippen LogP) is 3.18. The Bertz CT molecular complexity index is 423. The van der Waals surface area contributed by atoms with Crippen LogP contribution in [0.15, 0.2) is 21.1 Å². The van der Waals surface area contributed by atoms with Gasteiger partial charge < -0.3 is 4.74 Å². The molecular formula is C11H13Br2NO3. The van der Waals surface area contributed by atoms with Crippen LogP contribution in [0.2, 0.25) is 0 Å². The maximum Gasteiger partial charge on any atom is 0.286 e. The number of carbonyl (C=O) groups is 1. The number of nitrogens with one attached hydrogen (secondary N) is 1. The maximum absolute atomic E-state index is 11.4. The summed E-state index contributed by atoms with van der Waals surface area (Å²) >= 11 is 6.74. The SMILES string of the molecule is Cc1cc(Br)cc(Br)c1OC(C)(C)C(=O)NO. The maximum atomic E-state index is 11.4. The normalized spacial score (nSPS) is 11.2. The largest absolute Gasteiger partial charge is 0.476 e. The monoisotopic (exact) mass is 365 g/mol. The van der Waals surface area contributed by atoms with Crippen molar-refractivity contribution in [3.05, 3.63) is 26.6 Å². The van der Waals surface area contributed by atoms with Gasteiger partial charge >= 0.3 is 0 Å². The Labute approximate surface area is 117 Å². The second-order valence-corrected chi connectivity index (χ2v) is 5.86. The van der Waals surface area contributed by atoms with Crippen molar-refractivity contribution in [2.75, 3.05) is 0 Å². The van der Waals surface area contributed by atoms with E-state index in [1.54, 1.807) is 19.3 Å². The van der Waals surface area contributed by atoms with Gasteiger partial charge in [0.25, 0.3) is 5.91 Å². The molecule has 0 bridgehead atoms. The molecular weight excluding hydrogens is 354 g/mol. The van der Waals surface area contributed by atoms with Gasteiger partial charge in [0.15, 0.2) is 5.60 Å². The Kier molecular flexibility index (Phi) is 4.57. The topological polar surface area (TPSA) is 58.6 Å². The van der Waals surface area contributed by atoms with Gasteiger partial charge in [-0.15, -0.1) is 0 Å². The molecule has 6 heteroatoms. The smallest absolute Gasteiger partial charge is 0.286 e. The number of halogens is 2. The number of ether oxygens (including phenoxy) is 1. The van der Waals surface area contributed by atoms with E-state index in [-0.39, 0.29) is 0 Å². The predicted molar refractivity (Wildman–Crippen MR) is 71.2 cm³/mol. The van der Waals surface area contributed by atoms with E-state index in [1.807, 2.05) is 19.1 Å². The molecule has 0 heterocycles. The first-order valence-corrected chi connectivity index (χ1v) is 6.45. The van der Waals surface area contributed by atoms with Gasteiger partial charge in [-0.2, -0.15) is 0 Å². The fraction of sp³-hybridized carbons (Fsp3) is 0.364. The van der Waals surface area contributed by atoms with Crippen molar-refractivity contribution in [2.45, 2.75) is 26.4 Å². The summed E-state index contributed by atoms with van der Waals surface area (Å²) in [5.74, 6) is -0.0338. The molecule has 1 rings (SSSR count). The van der Waals surface area contributed by atoms with Crippen LogP contribution in [0.4, 0.5) is 0 Å². The molecule has 1 aromatic carbocycles. The molecule has 0 saturated heterocycles. The molecule has 0 aromatic heterocycles. The molecule has 1 amide bonds. The summed E-state index contributed by atoms with van der Waals surface area (Å²) in [5.41, 5.74) is 1.31. The number of hydroxylamine groups is 1. The zero-order valence-corrected chi connectivity index (χ0v) is 12.8. The van der Waals surface area contributed by atoms with Crippen LogP contribution >= 0.6 is 31.9 Å². The summed E-state index contributed by atoms with van der Waals surface area (Å²) in [7, 11) is 0. The van der Waals surface area contributed by atoms with Gasteiger partial charge in [0, 0.05) is 4.47 Å². The third-order valence-electron chi connectivity index (χ3n) is 2.20. The summed E-state index contributed by atoms with van der Waals surface area (Å²) in [6, 6.07) is 3.71. The second kappa shape index (κ2) is 5.37. The quantitative estimate of drug-likeness (QED) is 0.638. The number of aryl methyl sites for hydroxylation is 1. The Hall–Kier alpha value is -0.590. The molecule has 1 aromatic rings. The number of carbonyl (C=O) groups excluding carboxylic acids is 1. The zero-order valence-electron chi connectivity index (χ0n) is 9.67. The van der Waals surface area contributed by atoms with E-state index >= 15 is 0 Å². The molecule has 0 atom stereocenters. The lowest BCUT2D eigenvalue weighted by molar-refractivity contribution is -0.143. The van der Waals surface area contributed by atoms with Gasteiger partial charge in [-0.25, -0.2) is 5.48 Å². The van der Waals surface area contributed by atoms with Crippen LogP contribution in [-0.4, -0.2) is 16.7 Å². The van der Waals surface area contributed by atoms with Crippen molar-refractivity contribution in [3.63, 3.8) is 0 Å². The Morgan fingerprint density at radius 1 is 1.41 bits per heavy atom. The minimum absolute atomic E-state index is 0.571. The van der Waals surface area contributed by atoms with Gasteiger partial charge in [0.1, 0.15) is 5.75 Å². The van der Waals surface area contributed by atoms with Gasteiger partial charge in [-0.1, -0.05) is 15.9 Å². The van der Waals surface area contributed by atoms with Crippen molar-refractivity contribution in [1.82, 2.24) is 5.48 Å². The van der Waals surface area contributed by atoms with Crippen LogP contribution in [0.5, 0.6) is 5.75 Å². The standard InChI is InChI=1S/C11H13Br2NO3/c1-6-4-7(12)5-8(13)9(6)17-11(2,3)10(15)14-16/h4-5,16H,1-3H3,(H,14,15). The van der Waals surface area contributed by atoms with E-state index in [9.17, 15) is 4.79 Å². The lowest BCUT2D eigenvalue weighted by Crippen LogP contribution is -2.45. The minimum atomic E-state index is -1.16. The highest BCUT2D eigenvalue weighted by Crippen LogP contribution is 2.34. The van der Waals surface area contributed by atoms with Crippen molar-refractivity contribution >= 4 is 37.8 Å². The fourth-order valence-corrected chi connectivity index (χ4v) is 2.77. The summed E-state index contributed by atoms with van der Waals surface area (Å²) < 4.78 is 7.29. The van der Waals surface area contributed by atoms with Crippen molar-refractivity contribution in [2.24, 2.45) is 0 Å². The molecule has 0 aliphatic carbocycles. The van der Waals surface area contributed by atoms with Gasteiger partial charge in [0.05, 0.1) is 4.47 Å². The van der Waals surface area contributed by atoms with E-state index in [0.717, 1.165) is 14.5 Å². The molecule has 4 nitrogen and oxygen atoms in total. The van der Waals surface area contributed by atoms with E-state index in [2.05, 4.69) is 31.9 Å². The number of hydrogen-bond donors (Lipinski definition) is 2. The molecule has 0 fully saturated rings. The number of rotatable bonds is 3. The van der Waals surface area contributed by atoms with Crippen LogP contribution in [0.1, 0.15) is 19.4 Å². The van der Waals surface area contributed by atoms with Crippen LogP contribution in [0, 0.1) is 6.92 Å². The van der Waals surface area contributed by atoms with Gasteiger partial charge in [-0.3, -0.25) is 10.0 Å². The number of amides is 1. The third kappa shape index (κ3) is 3.43. The highest BCUT2D eigenvalue weighted by Gasteiger charge is 2.31. The Balaban J connectivity index is 3.07. The van der Waals surface area contributed by atoms with Crippen LogP contribution in [0.25, 0.3) is 0 Å². The van der Waals surface area contributed by atoms with Crippen LogP contribution < -0.4 is 10.2 Å².